The van der Waals surface area contributed by atoms with Gasteiger partial charge in [0.2, 0.25) is 0 Å². The van der Waals surface area contributed by atoms with Gasteiger partial charge in [-0.3, -0.25) is 0 Å². The minimum atomic E-state index is -4.05. The van der Waals surface area contributed by atoms with Gasteiger partial charge in [0.15, 0.2) is 0 Å². The van der Waals surface area contributed by atoms with Crippen molar-refractivity contribution in [2.24, 2.45) is 11.1 Å². The molecule has 1 saturated carbocycles. The van der Waals surface area contributed by atoms with Crippen LogP contribution >= 0.6 is 0 Å². The Balaban J connectivity index is 1.55. The van der Waals surface area contributed by atoms with Gasteiger partial charge in [-0.15, -0.1) is 0 Å². The van der Waals surface area contributed by atoms with Gasteiger partial charge in [-0.1, -0.05) is 11.8 Å². The summed E-state index contributed by atoms with van der Waals surface area (Å²) in [7, 11) is -4.05. The molecule has 196 valence electrons. The van der Waals surface area contributed by atoms with Gasteiger partial charge in [0, 0.05) is 43.5 Å². The first-order valence-corrected chi connectivity index (χ1v) is 13.1. The van der Waals surface area contributed by atoms with Crippen molar-refractivity contribution in [2.45, 2.75) is 31.1 Å². The molecule has 0 spiro atoms. The highest BCUT2D eigenvalue weighted by atomic mass is 32.2. The molecule has 2 aliphatic rings. The molecule has 2 fully saturated rings. The van der Waals surface area contributed by atoms with Gasteiger partial charge in [-0.2, -0.15) is 8.42 Å². The summed E-state index contributed by atoms with van der Waals surface area (Å²) in [5, 5.41) is 26.2. The lowest BCUT2D eigenvalue weighted by Crippen LogP contribution is -2.40. The third kappa shape index (κ3) is 4.83. The molecule has 37 heavy (non-hydrogen) atoms. The molecule has 1 aliphatic heterocycles. The molecule has 1 saturated heterocycles. The van der Waals surface area contributed by atoms with Gasteiger partial charge in [0.1, 0.15) is 29.4 Å². The number of benzene rings is 1. The van der Waals surface area contributed by atoms with Crippen molar-refractivity contribution >= 4 is 32.7 Å². The van der Waals surface area contributed by atoms with Crippen LogP contribution in [0.25, 0.3) is 11.0 Å². The van der Waals surface area contributed by atoms with Crippen molar-refractivity contribution < 1.29 is 27.4 Å². The van der Waals surface area contributed by atoms with Gasteiger partial charge >= 0.3 is 0 Å². The number of nitrogens with two attached hydrogens (primary N) is 2. The lowest BCUT2D eigenvalue weighted by Gasteiger charge is -2.33. The van der Waals surface area contributed by atoms with Crippen molar-refractivity contribution in [3.8, 4) is 11.8 Å². The number of nitrogens with zero attached hydrogens (tertiary/aromatic N) is 4. The van der Waals surface area contributed by atoms with Gasteiger partial charge in [0.05, 0.1) is 28.7 Å². The number of fused-ring (bicyclic) bond motifs is 1. The van der Waals surface area contributed by atoms with Crippen LogP contribution in [0.1, 0.15) is 30.0 Å². The van der Waals surface area contributed by atoms with Crippen LogP contribution in [0.4, 0.5) is 20.3 Å². The van der Waals surface area contributed by atoms with Crippen LogP contribution in [-0.2, 0) is 10.2 Å². The maximum atomic E-state index is 14.8. The van der Waals surface area contributed by atoms with E-state index in [1.54, 1.807) is 4.57 Å². The summed E-state index contributed by atoms with van der Waals surface area (Å²) in [6, 6.07) is 1.87. The molecule has 3 aromatic rings. The molecule has 0 bridgehead atoms. The molecule has 0 amide bonds. The molecule has 7 N–H and O–H groups in total. The van der Waals surface area contributed by atoms with E-state index in [1.165, 1.54) is 24.7 Å². The monoisotopic (exact) mass is 533 g/mol. The largest absolute Gasteiger partial charge is 0.390 e. The highest BCUT2D eigenvalue weighted by Crippen LogP contribution is 2.39. The van der Waals surface area contributed by atoms with Gasteiger partial charge in [-0.25, -0.2) is 28.6 Å². The molecule has 11 nitrogen and oxygen atoms in total. The number of nitrogens with one attached hydrogen (secondary N) is 1. The van der Waals surface area contributed by atoms with E-state index < -0.39 is 51.6 Å². The molecule has 0 radical (unpaired) electrons. The minimum absolute atomic E-state index is 0.0694. The SMILES string of the molecule is Nc1ncnc2c1c(C#Cc1c(F)cc(N3CCC3)cc1F)cn2C1C[C@@H](O)[C@@H](O)[C@@H]1CNS(N)(=O)=O. The lowest BCUT2D eigenvalue weighted by atomic mass is 10.0. The van der Waals surface area contributed by atoms with Crippen LogP contribution in [0.5, 0.6) is 0 Å². The Hall–Kier alpha value is -3.35. The maximum Gasteiger partial charge on any atom is 0.274 e. The van der Waals surface area contributed by atoms with Gasteiger partial charge in [0.25, 0.3) is 10.2 Å². The molecule has 3 heterocycles. The van der Waals surface area contributed by atoms with Crippen LogP contribution in [0.3, 0.4) is 0 Å². The zero-order chi connectivity index (χ0) is 26.5. The summed E-state index contributed by atoms with van der Waals surface area (Å²) < 4.78 is 56.1. The number of anilines is 2. The van der Waals surface area contributed by atoms with Crippen LogP contribution in [-0.4, -0.2) is 65.0 Å². The lowest BCUT2D eigenvalue weighted by molar-refractivity contribution is 0.0206. The fraction of sp³-hybridized carbons (Fsp3) is 0.391. The summed E-state index contributed by atoms with van der Waals surface area (Å²) in [5.74, 6) is 3.02. The predicted octanol–water partition coefficient (Wildman–Crippen LogP) is -0.0225. The predicted molar refractivity (Wildman–Crippen MR) is 131 cm³/mol. The topological polar surface area (TPSA) is 173 Å². The first-order valence-electron chi connectivity index (χ1n) is 11.5. The van der Waals surface area contributed by atoms with E-state index in [2.05, 4.69) is 26.5 Å². The second-order valence-corrected chi connectivity index (χ2v) is 10.6. The quantitative estimate of drug-likeness (QED) is 0.285. The van der Waals surface area contributed by atoms with Crippen molar-refractivity contribution in [3.63, 3.8) is 0 Å². The highest BCUT2D eigenvalue weighted by molar-refractivity contribution is 7.87. The van der Waals surface area contributed by atoms with Gasteiger partial charge in [-0.05, 0) is 25.0 Å². The van der Waals surface area contributed by atoms with Crippen molar-refractivity contribution in [2.75, 3.05) is 30.3 Å². The third-order valence-corrected chi connectivity index (χ3v) is 7.47. The van der Waals surface area contributed by atoms with Gasteiger partial charge < -0.3 is 25.4 Å². The van der Waals surface area contributed by atoms with Crippen LogP contribution in [0, 0.1) is 29.4 Å². The molecule has 1 aromatic carbocycles. The Morgan fingerprint density at radius 3 is 2.49 bits per heavy atom. The molecule has 4 atom stereocenters. The minimum Gasteiger partial charge on any atom is -0.390 e. The van der Waals surface area contributed by atoms with E-state index in [-0.39, 0.29) is 24.3 Å². The Morgan fingerprint density at radius 2 is 1.86 bits per heavy atom. The molecular weight excluding hydrogens is 508 g/mol. The van der Waals surface area contributed by atoms with E-state index in [9.17, 15) is 27.4 Å². The molecule has 1 unspecified atom stereocenters. The van der Waals surface area contributed by atoms with Crippen molar-refractivity contribution in [1.82, 2.24) is 19.3 Å². The maximum absolute atomic E-state index is 14.8. The van der Waals surface area contributed by atoms with Crippen LogP contribution in [0.2, 0.25) is 0 Å². The second-order valence-electron chi connectivity index (χ2n) is 9.20. The van der Waals surface area contributed by atoms with E-state index >= 15 is 0 Å². The summed E-state index contributed by atoms with van der Waals surface area (Å²) in [5.41, 5.74) is 6.72. The Morgan fingerprint density at radius 1 is 1.16 bits per heavy atom. The fourth-order valence-corrected chi connectivity index (χ4v) is 5.31. The van der Waals surface area contributed by atoms with E-state index in [1.807, 2.05) is 4.90 Å². The molecular formula is C23H25F2N7O4S. The number of hydrogen-bond donors (Lipinski definition) is 5. The number of aliphatic hydroxyl groups is 2. The number of halogens is 2. The van der Waals surface area contributed by atoms with E-state index in [4.69, 9.17) is 10.9 Å². The van der Waals surface area contributed by atoms with Crippen molar-refractivity contribution in [3.05, 3.63) is 47.4 Å². The molecule has 5 rings (SSSR count). The molecule has 1 aliphatic carbocycles. The Bertz CT molecular complexity index is 1510. The number of nitrogen functional groups attached to an aromatic ring is 1. The highest BCUT2D eigenvalue weighted by Gasteiger charge is 2.43. The molecule has 2 aromatic heterocycles. The Labute approximate surface area is 211 Å². The zero-order valence-electron chi connectivity index (χ0n) is 19.5. The second kappa shape index (κ2) is 9.51. The summed E-state index contributed by atoms with van der Waals surface area (Å²) >= 11 is 0. The first-order chi connectivity index (χ1) is 17.5. The average molecular weight is 534 g/mol. The number of hydrogen-bond acceptors (Lipinski definition) is 8. The number of aliphatic hydroxyl groups excluding tert-OH is 2. The van der Waals surface area contributed by atoms with Crippen LogP contribution < -0.4 is 20.5 Å². The van der Waals surface area contributed by atoms with Crippen molar-refractivity contribution in [1.29, 1.82) is 0 Å². The summed E-state index contributed by atoms with van der Waals surface area (Å²) in [6.07, 6.45) is 1.40. The zero-order valence-corrected chi connectivity index (χ0v) is 20.3. The number of aromatic nitrogens is 3. The normalized spacial score (nSPS) is 23.6. The molecule has 14 heteroatoms. The number of rotatable bonds is 5. The first kappa shape index (κ1) is 25.3. The summed E-state index contributed by atoms with van der Waals surface area (Å²) in [6.45, 7) is 1.23. The standard InChI is InChI=1S/C23H25F2N7O4S/c24-16-6-13(31-4-1-5-31)7-17(25)14(16)3-2-12-10-32(23-20(12)22(26)28-11-29-23)18-8-19(33)21(34)15(18)9-30-37(27,35)36/h6-7,10-11,15,18-19,21,30,33-34H,1,4-5,8-9H2,(H2,26,28,29)(H2,27,35,36)/t15-,18?,19-,21+/m1/s1. The Kier molecular flexibility index (Phi) is 6.50. The van der Waals surface area contributed by atoms with Crippen LogP contribution in [0.15, 0.2) is 24.7 Å². The smallest absolute Gasteiger partial charge is 0.274 e. The van der Waals surface area contributed by atoms with E-state index in [0.717, 1.165) is 19.5 Å². The van der Waals surface area contributed by atoms with E-state index in [0.29, 0.717) is 16.7 Å². The average Bonchev–Trinajstić information content (AvgIpc) is 3.28. The summed E-state index contributed by atoms with van der Waals surface area (Å²) in [4.78, 5) is 10.1. The third-order valence-electron chi connectivity index (χ3n) is 6.90. The fourth-order valence-electron chi connectivity index (χ4n) is 4.89.